The summed E-state index contributed by atoms with van der Waals surface area (Å²) in [5.41, 5.74) is 3.77. The van der Waals surface area contributed by atoms with E-state index in [1.165, 1.54) is 0 Å². The minimum absolute atomic E-state index is 0.0241. The highest BCUT2D eigenvalue weighted by Crippen LogP contribution is 2.38. The van der Waals surface area contributed by atoms with Crippen molar-refractivity contribution in [1.29, 1.82) is 0 Å². The fourth-order valence-electron chi connectivity index (χ4n) is 3.98. The largest absolute Gasteiger partial charge is 0.492 e. The highest BCUT2D eigenvalue weighted by molar-refractivity contribution is 5.89. The number of fused-ring (bicyclic) bond motifs is 2. The summed E-state index contributed by atoms with van der Waals surface area (Å²) < 4.78 is 17.5. The molecular formula is C23H20N4O4. The van der Waals surface area contributed by atoms with Gasteiger partial charge in [-0.25, -0.2) is 5.10 Å². The van der Waals surface area contributed by atoms with Crippen molar-refractivity contribution >= 4 is 22.6 Å². The summed E-state index contributed by atoms with van der Waals surface area (Å²) in [7, 11) is 1.62. The average molecular weight is 416 g/mol. The average Bonchev–Trinajstić information content (AvgIpc) is 3.45. The van der Waals surface area contributed by atoms with Gasteiger partial charge in [0.1, 0.15) is 11.3 Å². The number of methoxy groups -OCH3 is 1. The van der Waals surface area contributed by atoms with Gasteiger partial charge in [-0.15, -0.1) is 5.10 Å². The molecule has 0 atom stereocenters. The molecule has 0 fully saturated rings. The number of rotatable bonds is 5. The van der Waals surface area contributed by atoms with Gasteiger partial charge in [0.25, 0.3) is 0 Å². The summed E-state index contributed by atoms with van der Waals surface area (Å²) in [6, 6.07) is 11.1. The smallest absolute Gasteiger partial charge is 0.196 e. The summed E-state index contributed by atoms with van der Waals surface area (Å²) in [6.45, 7) is 2.48. The molecule has 4 aromatic rings. The second kappa shape index (κ2) is 7.71. The molecule has 2 heterocycles. The summed E-state index contributed by atoms with van der Waals surface area (Å²) >= 11 is 0. The van der Waals surface area contributed by atoms with Crippen molar-refractivity contribution in [3.8, 4) is 22.9 Å². The van der Waals surface area contributed by atoms with Crippen LogP contribution >= 0.6 is 0 Å². The Morgan fingerprint density at radius 2 is 2.13 bits per heavy atom. The second-order valence-corrected chi connectivity index (χ2v) is 7.18. The molecular weight excluding hydrogens is 396 g/mol. The van der Waals surface area contributed by atoms with Crippen LogP contribution in [-0.4, -0.2) is 34.3 Å². The highest BCUT2D eigenvalue weighted by Gasteiger charge is 2.25. The third-order valence-corrected chi connectivity index (χ3v) is 5.38. The summed E-state index contributed by atoms with van der Waals surface area (Å²) in [4.78, 5) is 13.2. The van der Waals surface area contributed by atoms with Gasteiger partial charge < -0.3 is 13.9 Å². The Morgan fingerprint density at radius 1 is 1.23 bits per heavy atom. The van der Waals surface area contributed by atoms with Crippen LogP contribution in [0.3, 0.4) is 0 Å². The van der Waals surface area contributed by atoms with E-state index in [4.69, 9.17) is 13.9 Å². The summed E-state index contributed by atoms with van der Waals surface area (Å²) in [5, 5.41) is 14.3. The Morgan fingerprint density at radius 3 is 2.90 bits per heavy atom. The van der Waals surface area contributed by atoms with Gasteiger partial charge in [-0.3, -0.25) is 4.79 Å². The van der Waals surface area contributed by atoms with Crippen LogP contribution in [0.4, 0.5) is 0 Å². The maximum Gasteiger partial charge on any atom is 0.196 e. The zero-order valence-corrected chi connectivity index (χ0v) is 17.1. The van der Waals surface area contributed by atoms with Crippen LogP contribution in [0.5, 0.6) is 11.5 Å². The van der Waals surface area contributed by atoms with Crippen molar-refractivity contribution in [3.63, 3.8) is 0 Å². The predicted molar refractivity (Wildman–Crippen MR) is 116 cm³/mol. The molecule has 0 radical (unpaired) electrons. The molecule has 0 aliphatic heterocycles. The molecule has 1 aliphatic carbocycles. The molecule has 0 saturated heterocycles. The number of hydrogen-bond donors (Lipinski definition) is 1. The lowest BCUT2D eigenvalue weighted by Crippen LogP contribution is -2.08. The number of H-pyrrole nitrogens is 1. The van der Waals surface area contributed by atoms with Crippen LogP contribution < -0.4 is 14.9 Å². The fourth-order valence-corrected chi connectivity index (χ4v) is 3.98. The fraction of sp³-hybridized carbons (Fsp3) is 0.217. The van der Waals surface area contributed by atoms with Gasteiger partial charge in [0.2, 0.25) is 0 Å². The van der Waals surface area contributed by atoms with Gasteiger partial charge in [0.15, 0.2) is 22.8 Å². The third kappa shape index (κ3) is 3.26. The topological polar surface area (TPSA) is 103 Å². The van der Waals surface area contributed by atoms with Crippen molar-refractivity contribution < 1.29 is 13.9 Å². The van der Waals surface area contributed by atoms with E-state index in [0.717, 1.165) is 16.7 Å². The molecule has 0 spiro atoms. The van der Waals surface area contributed by atoms with Crippen LogP contribution in [0.1, 0.15) is 30.2 Å². The van der Waals surface area contributed by atoms with Gasteiger partial charge >= 0.3 is 0 Å². The maximum absolute atomic E-state index is 13.2. The first-order valence-electron chi connectivity index (χ1n) is 10.0. The number of ether oxygens (including phenoxy) is 2. The number of tetrazole rings is 1. The minimum atomic E-state index is -0.0241. The van der Waals surface area contributed by atoms with E-state index in [1.54, 1.807) is 19.2 Å². The van der Waals surface area contributed by atoms with Gasteiger partial charge in [-0.05, 0) is 66.1 Å². The number of para-hydroxylation sites is 1. The molecule has 31 heavy (non-hydrogen) atoms. The number of hydrogen-bond acceptors (Lipinski definition) is 7. The zero-order valence-electron chi connectivity index (χ0n) is 17.1. The molecule has 1 N–H and O–H groups in total. The number of allylic oxidation sites excluding steroid dienone is 1. The van der Waals surface area contributed by atoms with Gasteiger partial charge in [0.05, 0.1) is 19.1 Å². The molecule has 1 aliphatic rings. The number of nitrogens with zero attached hydrogens (tertiary/aromatic N) is 3. The number of aromatic amines is 1. The van der Waals surface area contributed by atoms with Crippen molar-refractivity contribution in [2.45, 2.75) is 19.8 Å². The van der Waals surface area contributed by atoms with Gasteiger partial charge in [-0.2, -0.15) is 0 Å². The number of nitrogens with one attached hydrogen (secondary N) is 1. The van der Waals surface area contributed by atoms with Crippen LogP contribution in [0.2, 0.25) is 0 Å². The van der Waals surface area contributed by atoms with E-state index in [-0.39, 0.29) is 5.43 Å². The lowest BCUT2D eigenvalue weighted by molar-refractivity contribution is 0.310. The van der Waals surface area contributed by atoms with Crippen molar-refractivity contribution in [2.24, 2.45) is 0 Å². The molecule has 0 bridgehead atoms. The SMILES string of the molecule is CCOc1cccc(C=C2CCc3c2oc2ccc(-c4nnn[nH]4)cc2c3=O)c1OC. The molecule has 8 heteroatoms. The van der Waals surface area contributed by atoms with Crippen molar-refractivity contribution in [2.75, 3.05) is 13.7 Å². The van der Waals surface area contributed by atoms with Crippen LogP contribution in [0.25, 0.3) is 34.0 Å². The molecule has 5 rings (SSSR count). The molecule has 8 nitrogen and oxygen atoms in total. The molecule has 156 valence electrons. The van der Waals surface area contributed by atoms with Crippen LogP contribution in [0, 0.1) is 0 Å². The van der Waals surface area contributed by atoms with Crippen LogP contribution in [0.15, 0.2) is 45.6 Å². The molecule has 0 saturated carbocycles. The second-order valence-electron chi connectivity index (χ2n) is 7.18. The highest BCUT2D eigenvalue weighted by atomic mass is 16.5. The molecule has 0 amide bonds. The first-order valence-corrected chi connectivity index (χ1v) is 10.0. The molecule has 2 aromatic carbocycles. The summed E-state index contributed by atoms with van der Waals surface area (Å²) in [6.07, 6.45) is 3.35. The van der Waals surface area contributed by atoms with E-state index in [2.05, 4.69) is 20.6 Å². The Bertz CT molecular complexity index is 1360. The standard InChI is InChI=1S/C23H20N4O4/c1-3-30-19-6-4-5-13(22(19)29-2)11-14-7-9-16-20(28)17-12-15(23-24-26-27-25-23)8-10-18(17)31-21(14)16/h4-6,8,10-12H,3,7,9H2,1-2H3,(H,24,25,26,27). The Labute approximate surface area is 177 Å². The van der Waals surface area contributed by atoms with Crippen molar-refractivity contribution in [1.82, 2.24) is 20.6 Å². The predicted octanol–water partition coefficient (Wildman–Crippen LogP) is 3.87. The molecule has 2 aromatic heterocycles. The Kier molecular flexibility index (Phi) is 4.74. The lowest BCUT2D eigenvalue weighted by atomic mass is 10.1. The first-order chi connectivity index (χ1) is 15.2. The van der Waals surface area contributed by atoms with E-state index < -0.39 is 0 Å². The van der Waals surface area contributed by atoms with E-state index in [9.17, 15) is 4.79 Å². The van der Waals surface area contributed by atoms with E-state index in [0.29, 0.717) is 59.1 Å². The van der Waals surface area contributed by atoms with E-state index >= 15 is 0 Å². The Hall–Kier alpha value is -3.94. The van der Waals surface area contributed by atoms with E-state index in [1.807, 2.05) is 37.3 Å². The molecule has 0 unspecified atom stereocenters. The normalized spacial score (nSPS) is 14.2. The first kappa shape index (κ1) is 19.0. The maximum atomic E-state index is 13.2. The Balaban J connectivity index is 1.61. The minimum Gasteiger partial charge on any atom is -0.492 e. The quantitative estimate of drug-likeness (QED) is 0.527. The third-order valence-electron chi connectivity index (χ3n) is 5.38. The number of benzene rings is 2. The monoisotopic (exact) mass is 416 g/mol. The van der Waals surface area contributed by atoms with Gasteiger partial charge in [0, 0.05) is 16.7 Å². The lowest BCUT2D eigenvalue weighted by Gasteiger charge is -2.12. The van der Waals surface area contributed by atoms with Crippen molar-refractivity contribution in [3.05, 3.63) is 63.5 Å². The van der Waals surface area contributed by atoms with Gasteiger partial charge in [-0.1, -0.05) is 12.1 Å². The van der Waals surface area contributed by atoms with Crippen LogP contribution in [-0.2, 0) is 6.42 Å². The summed E-state index contributed by atoms with van der Waals surface area (Å²) in [5.74, 6) is 2.49. The zero-order chi connectivity index (χ0) is 21.4. The number of aromatic nitrogens is 4.